The molecule has 0 aromatic rings. The lowest BCUT2D eigenvalue weighted by Crippen LogP contribution is -2.48. The minimum atomic E-state index is -3.09. The second-order valence-corrected chi connectivity index (χ2v) is 8.02. The van der Waals surface area contributed by atoms with Crippen LogP contribution in [0, 0.1) is 0 Å². The van der Waals surface area contributed by atoms with Gasteiger partial charge in [0.25, 0.3) is 0 Å². The number of rotatable bonds is 6. The van der Waals surface area contributed by atoms with Gasteiger partial charge in [0, 0.05) is 32.1 Å². The predicted octanol–water partition coefficient (Wildman–Crippen LogP) is 0.401. The van der Waals surface area contributed by atoms with Crippen molar-refractivity contribution in [2.24, 2.45) is 0 Å². The van der Waals surface area contributed by atoms with Crippen molar-refractivity contribution in [2.75, 3.05) is 32.4 Å². The van der Waals surface area contributed by atoms with Crippen LogP contribution in [0.25, 0.3) is 0 Å². The van der Waals surface area contributed by atoms with Crippen molar-refractivity contribution < 1.29 is 13.2 Å². The van der Waals surface area contributed by atoms with Crippen molar-refractivity contribution in [3.8, 4) is 0 Å². The topological polar surface area (TPSA) is 69.7 Å². The summed E-state index contributed by atoms with van der Waals surface area (Å²) in [7, 11) is -3.09. The largest absolute Gasteiger partial charge is 0.338 e. The number of hydrogen-bond donors (Lipinski definition) is 1. The highest BCUT2D eigenvalue weighted by Gasteiger charge is 2.38. The summed E-state index contributed by atoms with van der Waals surface area (Å²) < 4.78 is 24.6. The van der Waals surface area contributed by atoms with E-state index >= 15 is 0 Å². The molecule has 0 spiro atoms. The van der Waals surface area contributed by atoms with Crippen molar-refractivity contribution in [1.29, 1.82) is 0 Å². The van der Waals surface area contributed by atoms with Gasteiger partial charge in [0.15, 0.2) is 0 Å². The molecule has 0 unspecified atom stereocenters. The standard InChI is InChI=1S/C14H27N3O3S/c1-12(18)17-11-4-7-14(17)13-6-3-9-16(13)10-5-8-15-21(2,19)20/h13-15H,3-11H2,1-2H3/t13-,14+/m1/s1. The van der Waals surface area contributed by atoms with Crippen LogP contribution in [0.2, 0.25) is 0 Å². The Hall–Kier alpha value is -0.660. The molecule has 2 rings (SSSR count). The van der Waals surface area contributed by atoms with Gasteiger partial charge in [-0.1, -0.05) is 0 Å². The summed E-state index contributed by atoms with van der Waals surface area (Å²) in [5.74, 6) is 0.183. The fourth-order valence-electron chi connectivity index (χ4n) is 3.69. The Balaban J connectivity index is 1.84. The van der Waals surface area contributed by atoms with E-state index in [2.05, 4.69) is 9.62 Å². The number of likely N-dealkylation sites (tertiary alicyclic amines) is 2. The third-order valence-electron chi connectivity index (χ3n) is 4.55. The Morgan fingerprint density at radius 2 is 1.86 bits per heavy atom. The molecule has 0 bridgehead atoms. The summed E-state index contributed by atoms with van der Waals surface area (Å²) in [6.45, 7) is 5.00. The lowest BCUT2D eigenvalue weighted by molar-refractivity contribution is -0.130. The first kappa shape index (κ1) is 16.7. The molecule has 7 heteroatoms. The van der Waals surface area contributed by atoms with Gasteiger partial charge in [0.2, 0.25) is 15.9 Å². The number of amides is 1. The molecule has 21 heavy (non-hydrogen) atoms. The monoisotopic (exact) mass is 317 g/mol. The Kier molecular flexibility index (Phi) is 5.62. The van der Waals surface area contributed by atoms with E-state index < -0.39 is 10.0 Å². The van der Waals surface area contributed by atoms with E-state index in [4.69, 9.17) is 0 Å². The summed E-state index contributed by atoms with van der Waals surface area (Å²) in [5, 5.41) is 0. The lowest BCUT2D eigenvalue weighted by atomic mass is 10.0. The van der Waals surface area contributed by atoms with Crippen LogP contribution in [-0.4, -0.2) is 68.6 Å². The fourth-order valence-corrected chi connectivity index (χ4v) is 4.20. The maximum atomic E-state index is 11.7. The van der Waals surface area contributed by atoms with Crippen LogP contribution >= 0.6 is 0 Å². The normalized spacial score (nSPS) is 27.4. The SMILES string of the molecule is CC(=O)N1CCC[C@H]1[C@H]1CCCN1CCCNS(C)(=O)=O. The van der Waals surface area contributed by atoms with Crippen molar-refractivity contribution in [1.82, 2.24) is 14.5 Å². The zero-order chi connectivity index (χ0) is 15.5. The number of nitrogens with one attached hydrogen (secondary N) is 1. The van der Waals surface area contributed by atoms with Gasteiger partial charge in [-0.2, -0.15) is 0 Å². The minimum Gasteiger partial charge on any atom is -0.338 e. The molecule has 0 saturated carbocycles. The van der Waals surface area contributed by atoms with Crippen LogP contribution in [0.5, 0.6) is 0 Å². The van der Waals surface area contributed by atoms with Gasteiger partial charge in [-0.3, -0.25) is 9.69 Å². The molecule has 0 aromatic carbocycles. The highest BCUT2D eigenvalue weighted by molar-refractivity contribution is 7.88. The molecule has 2 heterocycles. The van der Waals surface area contributed by atoms with E-state index in [-0.39, 0.29) is 5.91 Å². The van der Waals surface area contributed by atoms with Crippen LogP contribution in [0.4, 0.5) is 0 Å². The Labute approximate surface area is 127 Å². The first-order chi connectivity index (χ1) is 9.88. The summed E-state index contributed by atoms with van der Waals surface area (Å²) >= 11 is 0. The van der Waals surface area contributed by atoms with Crippen molar-refractivity contribution in [3.63, 3.8) is 0 Å². The number of sulfonamides is 1. The van der Waals surface area contributed by atoms with Gasteiger partial charge < -0.3 is 4.90 Å². The number of carbonyl (C=O) groups excluding carboxylic acids is 1. The molecule has 2 aliphatic rings. The van der Waals surface area contributed by atoms with Crippen LogP contribution in [0.1, 0.15) is 39.0 Å². The van der Waals surface area contributed by atoms with Crippen molar-refractivity contribution >= 4 is 15.9 Å². The second kappa shape index (κ2) is 7.07. The molecule has 2 atom stereocenters. The summed E-state index contributed by atoms with van der Waals surface area (Å²) in [4.78, 5) is 16.2. The van der Waals surface area contributed by atoms with Gasteiger partial charge in [-0.25, -0.2) is 13.1 Å². The quantitative estimate of drug-likeness (QED) is 0.720. The predicted molar refractivity (Wildman–Crippen MR) is 82.5 cm³/mol. The second-order valence-electron chi connectivity index (χ2n) is 6.19. The maximum Gasteiger partial charge on any atom is 0.219 e. The molecule has 0 radical (unpaired) electrons. The van der Waals surface area contributed by atoms with E-state index in [9.17, 15) is 13.2 Å². The van der Waals surface area contributed by atoms with Crippen LogP contribution < -0.4 is 4.72 Å². The molecule has 1 N–H and O–H groups in total. The van der Waals surface area contributed by atoms with E-state index in [0.29, 0.717) is 18.6 Å². The third kappa shape index (κ3) is 4.66. The zero-order valence-electron chi connectivity index (χ0n) is 13.0. The van der Waals surface area contributed by atoms with Crippen LogP contribution in [0.15, 0.2) is 0 Å². The first-order valence-corrected chi connectivity index (χ1v) is 9.73. The Morgan fingerprint density at radius 3 is 2.52 bits per heavy atom. The van der Waals surface area contributed by atoms with Crippen molar-refractivity contribution in [3.05, 3.63) is 0 Å². The minimum absolute atomic E-state index is 0.183. The molecule has 1 amide bonds. The van der Waals surface area contributed by atoms with Gasteiger partial charge >= 0.3 is 0 Å². The smallest absolute Gasteiger partial charge is 0.219 e. The van der Waals surface area contributed by atoms with Crippen LogP contribution in [0.3, 0.4) is 0 Å². The van der Waals surface area contributed by atoms with E-state index in [1.54, 1.807) is 6.92 Å². The summed E-state index contributed by atoms with van der Waals surface area (Å²) in [5.41, 5.74) is 0. The Bertz CT molecular complexity index is 466. The molecule has 6 nitrogen and oxygen atoms in total. The van der Waals surface area contributed by atoms with Gasteiger partial charge in [-0.05, 0) is 45.2 Å². The van der Waals surface area contributed by atoms with Gasteiger partial charge in [0.05, 0.1) is 6.26 Å². The summed E-state index contributed by atoms with van der Waals surface area (Å²) in [6, 6.07) is 0.808. The van der Waals surface area contributed by atoms with Crippen molar-refractivity contribution in [2.45, 2.75) is 51.1 Å². The highest BCUT2D eigenvalue weighted by Crippen LogP contribution is 2.30. The Morgan fingerprint density at radius 1 is 1.19 bits per heavy atom. The lowest BCUT2D eigenvalue weighted by Gasteiger charge is -2.34. The first-order valence-electron chi connectivity index (χ1n) is 7.84. The van der Waals surface area contributed by atoms with E-state index in [1.807, 2.05) is 4.90 Å². The van der Waals surface area contributed by atoms with E-state index in [0.717, 1.165) is 45.3 Å². The number of nitrogens with zero attached hydrogens (tertiary/aromatic N) is 2. The average Bonchev–Trinajstić information content (AvgIpc) is 3.01. The number of hydrogen-bond acceptors (Lipinski definition) is 4. The average molecular weight is 317 g/mol. The van der Waals surface area contributed by atoms with E-state index in [1.165, 1.54) is 12.7 Å². The molecular weight excluding hydrogens is 290 g/mol. The molecular formula is C14H27N3O3S. The van der Waals surface area contributed by atoms with Gasteiger partial charge in [0.1, 0.15) is 0 Å². The fraction of sp³-hybridized carbons (Fsp3) is 0.929. The van der Waals surface area contributed by atoms with Gasteiger partial charge in [-0.15, -0.1) is 0 Å². The molecule has 2 fully saturated rings. The summed E-state index contributed by atoms with van der Waals surface area (Å²) in [6.07, 6.45) is 6.53. The maximum absolute atomic E-state index is 11.7. The molecule has 122 valence electrons. The number of carbonyl (C=O) groups is 1. The molecule has 0 aliphatic carbocycles. The highest BCUT2D eigenvalue weighted by atomic mass is 32.2. The third-order valence-corrected chi connectivity index (χ3v) is 5.28. The molecule has 2 saturated heterocycles. The zero-order valence-corrected chi connectivity index (χ0v) is 13.9. The molecule has 0 aromatic heterocycles. The molecule has 2 aliphatic heterocycles. The van der Waals surface area contributed by atoms with Crippen LogP contribution in [-0.2, 0) is 14.8 Å².